The van der Waals surface area contributed by atoms with E-state index in [-0.39, 0.29) is 11.8 Å². The molecule has 0 radical (unpaired) electrons. The number of hydrogen-bond acceptors (Lipinski definition) is 3. The maximum Gasteiger partial charge on any atom is 0.224 e. The zero-order chi connectivity index (χ0) is 16.9. The summed E-state index contributed by atoms with van der Waals surface area (Å²) in [4.78, 5) is 28.0. The van der Waals surface area contributed by atoms with Crippen molar-refractivity contribution in [1.82, 2.24) is 9.80 Å². The molecule has 1 aromatic rings. The number of carbonyl (C=O) groups is 2. The largest absolute Gasteiger partial charge is 0.508 e. The molecular formula is C19H26N2O3. The van der Waals surface area contributed by atoms with Crippen molar-refractivity contribution in [2.24, 2.45) is 5.92 Å². The smallest absolute Gasteiger partial charge is 0.224 e. The lowest BCUT2D eigenvalue weighted by Gasteiger charge is -2.27. The number of phenolic OH excluding ortho intramolecular Hbond substituents is 1. The summed E-state index contributed by atoms with van der Waals surface area (Å²) in [7, 11) is 0. The molecular weight excluding hydrogens is 304 g/mol. The third-order valence-electron chi connectivity index (χ3n) is 5.09. The van der Waals surface area contributed by atoms with Crippen molar-refractivity contribution >= 4 is 11.8 Å². The molecule has 3 rings (SSSR count). The first-order chi connectivity index (χ1) is 11.6. The SMILES string of the molecule is O=C1CCCCN1CCC(=O)N1CCC(Cc2cccc(O)c2)C1. The average molecular weight is 330 g/mol. The van der Waals surface area contributed by atoms with Crippen LogP contribution in [0.5, 0.6) is 5.75 Å². The lowest BCUT2D eigenvalue weighted by Crippen LogP contribution is -2.39. The zero-order valence-corrected chi connectivity index (χ0v) is 14.1. The van der Waals surface area contributed by atoms with Crippen molar-refractivity contribution in [2.45, 2.75) is 38.5 Å². The minimum Gasteiger partial charge on any atom is -0.508 e. The van der Waals surface area contributed by atoms with Gasteiger partial charge in [0.2, 0.25) is 11.8 Å². The van der Waals surface area contributed by atoms with Crippen LogP contribution in [-0.2, 0) is 16.0 Å². The maximum atomic E-state index is 12.4. The third-order valence-corrected chi connectivity index (χ3v) is 5.09. The number of aromatic hydroxyl groups is 1. The molecule has 1 aromatic carbocycles. The Labute approximate surface area is 143 Å². The van der Waals surface area contributed by atoms with E-state index in [1.165, 1.54) is 0 Å². The van der Waals surface area contributed by atoms with Gasteiger partial charge in [-0.2, -0.15) is 0 Å². The lowest BCUT2D eigenvalue weighted by molar-refractivity contribution is -0.135. The molecule has 1 N–H and O–H groups in total. The van der Waals surface area contributed by atoms with Crippen LogP contribution in [0.4, 0.5) is 0 Å². The van der Waals surface area contributed by atoms with Crippen LogP contribution in [-0.4, -0.2) is 52.9 Å². The van der Waals surface area contributed by atoms with Gasteiger partial charge in [-0.25, -0.2) is 0 Å². The molecule has 2 aliphatic rings. The number of phenols is 1. The number of hydrogen-bond donors (Lipinski definition) is 1. The first-order valence-corrected chi connectivity index (χ1v) is 8.95. The van der Waals surface area contributed by atoms with Gasteiger partial charge in [0, 0.05) is 39.0 Å². The Balaban J connectivity index is 1.44. The van der Waals surface area contributed by atoms with Gasteiger partial charge >= 0.3 is 0 Å². The first-order valence-electron chi connectivity index (χ1n) is 8.95. The molecule has 2 aliphatic heterocycles. The Morgan fingerprint density at radius 2 is 2.12 bits per heavy atom. The van der Waals surface area contributed by atoms with Crippen molar-refractivity contribution < 1.29 is 14.7 Å². The molecule has 5 heteroatoms. The average Bonchev–Trinajstić information content (AvgIpc) is 3.02. The van der Waals surface area contributed by atoms with Crippen LogP contribution in [0, 0.1) is 5.92 Å². The highest BCUT2D eigenvalue weighted by molar-refractivity contribution is 5.79. The third kappa shape index (κ3) is 4.28. The van der Waals surface area contributed by atoms with Gasteiger partial charge in [0.05, 0.1) is 0 Å². The number of benzene rings is 1. The summed E-state index contributed by atoms with van der Waals surface area (Å²) in [5.74, 6) is 1.10. The molecule has 130 valence electrons. The fourth-order valence-electron chi connectivity index (χ4n) is 3.73. The molecule has 1 unspecified atom stereocenters. The molecule has 0 aromatic heterocycles. The van der Waals surface area contributed by atoms with Crippen LogP contribution in [0.2, 0.25) is 0 Å². The number of likely N-dealkylation sites (tertiary alicyclic amines) is 2. The Morgan fingerprint density at radius 3 is 2.92 bits per heavy atom. The van der Waals surface area contributed by atoms with Crippen LogP contribution in [0.3, 0.4) is 0 Å². The molecule has 2 saturated heterocycles. The molecule has 5 nitrogen and oxygen atoms in total. The summed E-state index contributed by atoms with van der Waals surface area (Å²) >= 11 is 0. The van der Waals surface area contributed by atoms with Gasteiger partial charge in [0.15, 0.2) is 0 Å². The second-order valence-corrected chi connectivity index (χ2v) is 6.96. The van der Waals surface area contributed by atoms with Gasteiger partial charge in [-0.15, -0.1) is 0 Å². The summed E-state index contributed by atoms with van der Waals surface area (Å²) in [5.41, 5.74) is 1.12. The van der Waals surface area contributed by atoms with Crippen LogP contribution in [0.1, 0.15) is 37.7 Å². The van der Waals surface area contributed by atoms with Crippen molar-refractivity contribution in [3.05, 3.63) is 29.8 Å². The number of piperidine rings is 1. The molecule has 0 aliphatic carbocycles. The monoisotopic (exact) mass is 330 g/mol. The van der Waals surface area contributed by atoms with E-state index in [0.717, 1.165) is 50.9 Å². The summed E-state index contributed by atoms with van der Waals surface area (Å²) in [6.45, 7) is 2.94. The van der Waals surface area contributed by atoms with Crippen molar-refractivity contribution in [3.63, 3.8) is 0 Å². The van der Waals surface area contributed by atoms with E-state index in [0.29, 0.717) is 31.1 Å². The molecule has 24 heavy (non-hydrogen) atoms. The van der Waals surface area contributed by atoms with E-state index in [1.54, 1.807) is 12.1 Å². The fourth-order valence-corrected chi connectivity index (χ4v) is 3.73. The summed E-state index contributed by atoms with van der Waals surface area (Å²) in [6, 6.07) is 7.35. The van der Waals surface area contributed by atoms with Gasteiger partial charge in [-0.3, -0.25) is 9.59 Å². The Morgan fingerprint density at radius 1 is 1.25 bits per heavy atom. The number of carbonyl (C=O) groups excluding carboxylic acids is 2. The quantitative estimate of drug-likeness (QED) is 0.900. The predicted octanol–water partition coefficient (Wildman–Crippen LogP) is 2.19. The van der Waals surface area contributed by atoms with Gasteiger partial charge < -0.3 is 14.9 Å². The summed E-state index contributed by atoms with van der Waals surface area (Å²) < 4.78 is 0. The topological polar surface area (TPSA) is 60.9 Å². The van der Waals surface area contributed by atoms with Crippen LogP contribution in [0.15, 0.2) is 24.3 Å². The molecule has 0 saturated carbocycles. The zero-order valence-electron chi connectivity index (χ0n) is 14.1. The predicted molar refractivity (Wildman–Crippen MR) is 91.5 cm³/mol. The summed E-state index contributed by atoms with van der Waals surface area (Å²) in [6.07, 6.45) is 4.99. The van der Waals surface area contributed by atoms with Gasteiger partial charge in [0.25, 0.3) is 0 Å². The second-order valence-electron chi connectivity index (χ2n) is 6.96. The normalized spacial score (nSPS) is 21.3. The standard InChI is InChI=1S/C19H26N2O3/c22-17-5-3-4-15(13-17)12-16-7-10-21(14-16)19(24)8-11-20-9-2-1-6-18(20)23/h3-5,13,16,22H,1-2,6-12,14H2. The molecule has 0 spiro atoms. The number of rotatable bonds is 5. The van der Waals surface area contributed by atoms with Crippen molar-refractivity contribution in [3.8, 4) is 5.75 Å². The van der Waals surface area contributed by atoms with E-state index in [9.17, 15) is 14.7 Å². The Bertz CT molecular complexity index is 602. The first kappa shape index (κ1) is 16.8. The van der Waals surface area contributed by atoms with Gasteiger partial charge in [0.1, 0.15) is 5.75 Å². The van der Waals surface area contributed by atoms with Crippen molar-refractivity contribution in [2.75, 3.05) is 26.2 Å². The molecule has 0 bridgehead atoms. The molecule has 2 amide bonds. The minimum atomic E-state index is 0.159. The van der Waals surface area contributed by atoms with E-state index in [2.05, 4.69) is 0 Å². The van der Waals surface area contributed by atoms with Crippen LogP contribution < -0.4 is 0 Å². The number of amides is 2. The molecule has 2 fully saturated rings. The van der Waals surface area contributed by atoms with E-state index >= 15 is 0 Å². The van der Waals surface area contributed by atoms with Gasteiger partial charge in [-0.05, 0) is 49.3 Å². The number of nitrogens with zero attached hydrogens (tertiary/aromatic N) is 2. The Kier molecular flexibility index (Phi) is 5.38. The minimum absolute atomic E-state index is 0.159. The summed E-state index contributed by atoms with van der Waals surface area (Å²) in [5, 5.41) is 9.55. The highest BCUT2D eigenvalue weighted by atomic mass is 16.3. The van der Waals surface area contributed by atoms with Gasteiger partial charge in [-0.1, -0.05) is 12.1 Å². The van der Waals surface area contributed by atoms with Crippen LogP contribution in [0.25, 0.3) is 0 Å². The van der Waals surface area contributed by atoms with E-state index in [4.69, 9.17) is 0 Å². The highest BCUT2D eigenvalue weighted by Crippen LogP contribution is 2.23. The second kappa shape index (κ2) is 7.69. The van der Waals surface area contributed by atoms with E-state index in [1.807, 2.05) is 21.9 Å². The van der Waals surface area contributed by atoms with Crippen molar-refractivity contribution in [1.29, 1.82) is 0 Å². The molecule has 2 heterocycles. The highest BCUT2D eigenvalue weighted by Gasteiger charge is 2.27. The van der Waals surface area contributed by atoms with Crippen LogP contribution >= 0.6 is 0 Å². The Hall–Kier alpha value is -2.04. The van der Waals surface area contributed by atoms with E-state index < -0.39 is 0 Å². The fraction of sp³-hybridized carbons (Fsp3) is 0.579. The lowest BCUT2D eigenvalue weighted by atomic mass is 9.98. The maximum absolute atomic E-state index is 12.4. The molecule has 1 atom stereocenters.